The van der Waals surface area contributed by atoms with Crippen LogP contribution in [0.25, 0.3) is 5.65 Å². The predicted molar refractivity (Wildman–Crippen MR) is 70.6 cm³/mol. The number of halogens is 1. The standard InChI is InChI=1S/C14H18FN3O/c15-11-6-12(8-13(19)7-11)17-9-10-2-1-4-18-5-3-16-14(10)18/h1-5,11-13,17,19H,6-9H2. The van der Waals surface area contributed by atoms with Gasteiger partial charge in [0.2, 0.25) is 0 Å². The van der Waals surface area contributed by atoms with Crippen LogP contribution in [0.4, 0.5) is 4.39 Å². The number of nitrogens with zero attached hydrogens (tertiary/aromatic N) is 2. The van der Waals surface area contributed by atoms with Crippen molar-refractivity contribution in [2.24, 2.45) is 0 Å². The van der Waals surface area contributed by atoms with Crippen LogP contribution in [0.5, 0.6) is 0 Å². The molecule has 0 bridgehead atoms. The fourth-order valence-corrected chi connectivity index (χ4v) is 2.79. The molecule has 0 aromatic carbocycles. The number of aliphatic hydroxyl groups is 1. The highest BCUT2D eigenvalue weighted by molar-refractivity contribution is 5.47. The highest BCUT2D eigenvalue weighted by atomic mass is 19.1. The third-order valence-corrected chi connectivity index (χ3v) is 3.71. The molecule has 0 amide bonds. The summed E-state index contributed by atoms with van der Waals surface area (Å²) in [6.07, 6.45) is 5.57. The Bertz CT molecular complexity index is 546. The number of aliphatic hydroxyl groups excluding tert-OH is 1. The maximum absolute atomic E-state index is 13.4. The quantitative estimate of drug-likeness (QED) is 0.885. The summed E-state index contributed by atoms with van der Waals surface area (Å²) >= 11 is 0. The van der Waals surface area contributed by atoms with Crippen molar-refractivity contribution in [1.29, 1.82) is 0 Å². The van der Waals surface area contributed by atoms with Gasteiger partial charge in [0.15, 0.2) is 0 Å². The van der Waals surface area contributed by atoms with E-state index >= 15 is 0 Å². The van der Waals surface area contributed by atoms with Crippen LogP contribution in [0.2, 0.25) is 0 Å². The number of imidazole rings is 1. The Labute approximate surface area is 111 Å². The van der Waals surface area contributed by atoms with Crippen molar-refractivity contribution in [2.75, 3.05) is 0 Å². The van der Waals surface area contributed by atoms with Crippen molar-refractivity contribution in [3.63, 3.8) is 0 Å². The molecular weight excluding hydrogens is 245 g/mol. The normalized spacial score (nSPS) is 27.8. The van der Waals surface area contributed by atoms with Crippen LogP contribution in [-0.4, -0.2) is 32.8 Å². The average Bonchev–Trinajstić information content (AvgIpc) is 2.83. The first-order chi connectivity index (χ1) is 9.22. The molecule has 3 unspecified atom stereocenters. The molecule has 0 spiro atoms. The molecule has 2 N–H and O–H groups in total. The molecule has 5 heteroatoms. The van der Waals surface area contributed by atoms with E-state index in [1.165, 1.54) is 0 Å². The van der Waals surface area contributed by atoms with E-state index in [0.717, 1.165) is 11.2 Å². The first kappa shape index (κ1) is 12.6. The van der Waals surface area contributed by atoms with E-state index in [0.29, 0.717) is 19.4 Å². The highest BCUT2D eigenvalue weighted by Gasteiger charge is 2.27. The Morgan fingerprint density at radius 2 is 2.26 bits per heavy atom. The second-order valence-electron chi connectivity index (χ2n) is 5.23. The fraction of sp³-hybridized carbons (Fsp3) is 0.500. The lowest BCUT2D eigenvalue weighted by Gasteiger charge is -2.29. The lowest BCUT2D eigenvalue weighted by atomic mass is 9.91. The van der Waals surface area contributed by atoms with Crippen molar-refractivity contribution in [2.45, 2.75) is 44.1 Å². The molecule has 1 saturated carbocycles. The number of fused-ring (bicyclic) bond motifs is 1. The topological polar surface area (TPSA) is 49.6 Å². The third kappa shape index (κ3) is 2.77. The van der Waals surface area contributed by atoms with E-state index in [4.69, 9.17) is 0 Å². The van der Waals surface area contributed by atoms with E-state index in [1.54, 1.807) is 6.20 Å². The molecule has 2 aromatic heterocycles. The Morgan fingerprint density at radius 1 is 1.37 bits per heavy atom. The SMILES string of the molecule is OC1CC(F)CC(NCc2cccn3ccnc23)C1. The molecule has 2 aromatic rings. The number of alkyl halides is 1. The van der Waals surface area contributed by atoms with Gasteiger partial charge in [0, 0.05) is 43.2 Å². The van der Waals surface area contributed by atoms with E-state index in [-0.39, 0.29) is 12.5 Å². The van der Waals surface area contributed by atoms with Gasteiger partial charge in [0.05, 0.1) is 6.10 Å². The van der Waals surface area contributed by atoms with E-state index in [1.807, 2.05) is 28.9 Å². The molecule has 0 aliphatic heterocycles. The number of pyridine rings is 1. The summed E-state index contributed by atoms with van der Waals surface area (Å²) in [5.41, 5.74) is 2.01. The number of aromatic nitrogens is 2. The van der Waals surface area contributed by atoms with Crippen molar-refractivity contribution in [3.05, 3.63) is 36.3 Å². The van der Waals surface area contributed by atoms with Gasteiger partial charge < -0.3 is 14.8 Å². The number of rotatable bonds is 3. The Morgan fingerprint density at radius 3 is 3.11 bits per heavy atom. The van der Waals surface area contributed by atoms with Crippen LogP contribution in [-0.2, 0) is 6.54 Å². The largest absolute Gasteiger partial charge is 0.393 e. The van der Waals surface area contributed by atoms with Crippen molar-refractivity contribution >= 4 is 5.65 Å². The molecule has 0 saturated heterocycles. The van der Waals surface area contributed by atoms with Gasteiger partial charge in [-0.15, -0.1) is 0 Å². The first-order valence-electron chi connectivity index (χ1n) is 6.68. The smallest absolute Gasteiger partial charge is 0.141 e. The minimum atomic E-state index is -0.900. The van der Waals surface area contributed by atoms with Gasteiger partial charge in [-0.1, -0.05) is 6.07 Å². The molecule has 1 aliphatic rings. The molecule has 3 atom stereocenters. The van der Waals surface area contributed by atoms with Crippen LogP contribution in [0.3, 0.4) is 0 Å². The summed E-state index contributed by atoms with van der Waals surface area (Å²) in [7, 11) is 0. The van der Waals surface area contributed by atoms with Gasteiger partial charge in [-0.3, -0.25) is 0 Å². The molecule has 1 aliphatic carbocycles. The van der Waals surface area contributed by atoms with Gasteiger partial charge in [-0.25, -0.2) is 9.37 Å². The summed E-state index contributed by atoms with van der Waals surface area (Å²) in [6, 6.07) is 4.02. The van der Waals surface area contributed by atoms with Crippen molar-refractivity contribution in [3.8, 4) is 0 Å². The van der Waals surface area contributed by atoms with Gasteiger partial charge in [0.1, 0.15) is 11.8 Å². The summed E-state index contributed by atoms with van der Waals surface area (Å²) in [6.45, 7) is 0.644. The average molecular weight is 263 g/mol. The van der Waals surface area contributed by atoms with Crippen LogP contribution in [0, 0.1) is 0 Å². The van der Waals surface area contributed by atoms with Crippen LogP contribution in [0.15, 0.2) is 30.7 Å². The number of hydrogen-bond acceptors (Lipinski definition) is 3. The van der Waals surface area contributed by atoms with Gasteiger partial charge in [-0.2, -0.15) is 0 Å². The molecule has 1 fully saturated rings. The Kier molecular flexibility index (Phi) is 3.48. The van der Waals surface area contributed by atoms with E-state index in [9.17, 15) is 9.50 Å². The third-order valence-electron chi connectivity index (χ3n) is 3.71. The van der Waals surface area contributed by atoms with Gasteiger partial charge >= 0.3 is 0 Å². The van der Waals surface area contributed by atoms with Crippen LogP contribution < -0.4 is 5.32 Å². The maximum atomic E-state index is 13.4. The molecule has 0 radical (unpaired) electrons. The second-order valence-corrected chi connectivity index (χ2v) is 5.23. The van der Waals surface area contributed by atoms with Crippen molar-refractivity contribution < 1.29 is 9.50 Å². The van der Waals surface area contributed by atoms with Crippen LogP contribution in [0.1, 0.15) is 24.8 Å². The maximum Gasteiger partial charge on any atom is 0.141 e. The minimum absolute atomic E-state index is 0.0361. The monoisotopic (exact) mass is 263 g/mol. The summed E-state index contributed by atoms with van der Waals surface area (Å²) in [5, 5.41) is 12.9. The molecule has 102 valence electrons. The molecule has 2 heterocycles. The minimum Gasteiger partial charge on any atom is -0.393 e. The zero-order chi connectivity index (χ0) is 13.2. The Balaban J connectivity index is 1.67. The second kappa shape index (κ2) is 5.27. The highest BCUT2D eigenvalue weighted by Crippen LogP contribution is 2.22. The molecular formula is C14H18FN3O. The Hall–Kier alpha value is -1.46. The predicted octanol–water partition coefficient (Wildman–Crippen LogP) is 1.68. The van der Waals surface area contributed by atoms with Crippen molar-refractivity contribution in [1.82, 2.24) is 14.7 Å². The fourth-order valence-electron chi connectivity index (χ4n) is 2.79. The lowest BCUT2D eigenvalue weighted by molar-refractivity contribution is 0.0652. The van der Waals surface area contributed by atoms with Gasteiger partial charge in [-0.05, 0) is 18.9 Å². The lowest BCUT2D eigenvalue weighted by Crippen LogP contribution is -2.40. The first-order valence-corrected chi connectivity index (χ1v) is 6.68. The molecule has 4 nitrogen and oxygen atoms in total. The zero-order valence-electron chi connectivity index (χ0n) is 10.7. The number of hydrogen-bond donors (Lipinski definition) is 2. The summed E-state index contributed by atoms with van der Waals surface area (Å²) in [4.78, 5) is 4.31. The van der Waals surface area contributed by atoms with E-state index < -0.39 is 12.3 Å². The van der Waals surface area contributed by atoms with Gasteiger partial charge in [0.25, 0.3) is 0 Å². The molecule has 19 heavy (non-hydrogen) atoms. The van der Waals surface area contributed by atoms with Crippen LogP contribution >= 0.6 is 0 Å². The summed E-state index contributed by atoms with van der Waals surface area (Å²) in [5.74, 6) is 0. The molecule has 3 rings (SSSR count). The summed E-state index contributed by atoms with van der Waals surface area (Å²) < 4.78 is 15.4. The van der Waals surface area contributed by atoms with E-state index in [2.05, 4.69) is 10.3 Å². The zero-order valence-corrected chi connectivity index (χ0v) is 10.7. The number of nitrogens with one attached hydrogen (secondary N) is 1.